The van der Waals surface area contributed by atoms with Gasteiger partial charge in [0.05, 0.1) is 5.56 Å². The maximum Gasteiger partial charge on any atom is 0.330 e. The monoisotopic (exact) mass is 395 g/mol. The van der Waals surface area contributed by atoms with Crippen molar-refractivity contribution in [2.45, 2.75) is 13.0 Å². The third-order valence-corrected chi connectivity index (χ3v) is 4.52. The molecule has 2 rings (SSSR count). The summed E-state index contributed by atoms with van der Waals surface area (Å²) in [5.74, 6) is -1.48. The summed E-state index contributed by atoms with van der Waals surface area (Å²) in [6.45, 7) is 1.91. The molecule has 2 aromatic rings. The Kier molecular flexibility index (Phi) is 4.95. The van der Waals surface area contributed by atoms with Crippen LogP contribution in [0.5, 0.6) is 0 Å². The van der Waals surface area contributed by atoms with Gasteiger partial charge in [0, 0.05) is 3.57 Å². The number of rotatable bonds is 4. The molecule has 0 heterocycles. The van der Waals surface area contributed by atoms with Crippen LogP contribution in [0.25, 0.3) is 0 Å². The number of carbonyl (C=O) groups excluding carboxylic acids is 1. The number of benzene rings is 2. The van der Waals surface area contributed by atoms with Crippen molar-refractivity contribution in [1.82, 2.24) is 5.32 Å². The van der Waals surface area contributed by atoms with Crippen molar-refractivity contribution >= 4 is 34.5 Å². The molecule has 4 nitrogen and oxygen atoms in total. The number of aliphatic carboxylic acids is 1. The van der Waals surface area contributed by atoms with E-state index in [1.807, 2.05) is 13.0 Å². The highest BCUT2D eigenvalue weighted by atomic mass is 127. The number of aryl methyl sites for hydroxylation is 1. The van der Waals surface area contributed by atoms with Gasteiger partial charge in [-0.1, -0.05) is 42.5 Å². The molecule has 0 aliphatic rings. The van der Waals surface area contributed by atoms with Gasteiger partial charge < -0.3 is 10.4 Å². The molecule has 21 heavy (non-hydrogen) atoms. The lowest BCUT2D eigenvalue weighted by Gasteiger charge is -2.16. The molecule has 0 aliphatic carbocycles. The molecule has 5 heteroatoms. The van der Waals surface area contributed by atoms with Crippen LogP contribution in [-0.2, 0) is 4.79 Å². The smallest absolute Gasteiger partial charge is 0.330 e. The predicted octanol–water partition coefficient (Wildman–Crippen LogP) is 3.16. The summed E-state index contributed by atoms with van der Waals surface area (Å²) in [7, 11) is 0. The van der Waals surface area contributed by atoms with Gasteiger partial charge in [0.2, 0.25) is 0 Å². The maximum absolute atomic E-state index is 12.3. The summed E-state index contributed by atoms with van der Waals surface area (Å²) in [6, 6.07) is 13.0. The lowest BCUT2D eigenvalue weighted by Crippen LogP contribution is -2.34. The largest absolute Gasteiger partial charge is 0.479 e. The Labute approximate surface area is 136 Å². The first kappa shape index (κ1) is 15.5. The first-order chi connectivity index (χ1) is 10.0. The fourth-order valence-electron chi connectivity index (χ4n) is 1.96. The third kappa shape index (κ3) is 3.60. The van der Waals surface area contributed by atoms with Gasteiger partial charge in [0.1, 0.15) is 0 Å². The second-order valence-electron chi connectivity index (χ2n) is 4.59. The second-order valence-corrected chi connectivity index (χ2v) is 5.67. The standard InChI is InChI=1S/C16H14INO3/c1-10-6-5-9-12(13(10)17)15(19)18-14(16(20)21)11-7-3-2-4-8-11/h2-9,14H,1H3,(H,18,19)(H,20,21)/t14-/m1/s1. The molecule has 0 aliphatic heterocycles. The Hall–Kier alpha value is -1.89. The van der Waals surface area contributed by atoms with Crippen molar-refractivity contribution in [2.75, 3.05) is 0 Å². The summed E-state index contributed by atoms with van der Waals surface area (Å²) in [6.07, 6.45) is 0. The van der Waals surface area contributed by atoms with Gasteiger partial charge in [0.15, 0.2) is 6.04 Å². The lowest BCUT2D eigenvalue weighted by molar-refractivity contribution is -0.139. The molecule has 0 spiro atoms. The number of halogens is 1. The van der Waals surface area contributed by atoms with Crippen LogP contribution < -0.4 is 5.32 Å². The van der Waals surface area contributed by atoms with Crippen LogP contribution in [0.3, 0.4) is 0 Å². The quantitative estimate of drug-likeness (QED) is 0.782. The van der Waals surface area contributed by atoms with Crippen molar-refractivity contribution in [3.8, 4) is 0 Å². The van der Waals surface area contributed by atoms with Crippen LogP contribution in [0.4, 0.5) is 0 Å². The van der Waals surface area contributed by atoms with Gasteiger partial charge in [-0.15, -0.1) is 0 Å². The van der Waals surface area contributed by atoms with Crippen LogP contribution >= 0.6 is 22.6 Å². The van der Waals surface area contributed by atoms with E-state index in [1.54, 1.807) is 42.5 Å². The molecule has 0 fully saturated rings. The topological polar surface area (TPSA) is 66.4 Å². The molecular formula is C16H14INO3. The van der Waals surface area contributed by atoms with Crippen LogP contribution in [0.1, 0.15) is 27.5 Å². The fraction of sp³-hybridized carbons (Fsp3) is 0.125. The van der Waals surface area contributed by atoms with E-state index >= 15 is 0 Å². The highest BCUT2D eigenvalue weighted by Crippen LogP contribution is 2.19. The predicted molar refractivity (Wildman–Crippen MR) is 88.2 cm³/mol. The maximum atomic E-state index is 12.3. The Bertz CT molecular complexity index is 670. The Balaban J connectivity index is 2.28. The van der Waals surface area contributed by atoms with Gasteiger partial charge >= 0.3 is 5.97 Å². The molecule has 1 atom stereocenters. The number of hydrogen-bond acceptors (Lipinski definition) is 2. The molecule has 0 saturated heterocycles. The average Bonchev–Trinajstić information content (AvgIpc) is 2.48. The van der Waals surface area contributed by atoms with Gasteiger partial charge in [-0.2, -0.15) is 0 Å². The van der Waals surface area contributed by atoms with Crippen molar-refractivity contribution in [3.05, 3.63) is 68.8 Å². The highest BCUT2D eigenvalue weighted by Gasteiger charge is 2.23. The minimum Gasteiger partial charge on any atom is -0.479 e. The lowest BCUT2D eigenvalue weighted by atomic mass is 10.1. The fourth-order valence-corrected chi connectivity index (χ4v) is 2.57. The normalized spacial score (nSPS) is 11.7. The summed E-state index contributed by atoms with van der Waals surface area (Å²) in [5.41, 5.74) is 2.01. The zero-order valence-electron chi connectivity index (χ0n) is 11.3. The first-order valence-electron chi connectivity index (χ1n) is 6.34. The number of hydrogen-bond donors (Lipinski definition) is 2. The van der Waals surface area contributed by atoms with E-state index in [0.717, 1.165) is 9.13 Å². The number of carboxylic acids is 1. The van der Waals surface area contributed by atoms with E-state index in [1.165, 1.54) is 0 Å². The van der Waals surface area contributed by atoms with E-state index in [-0.39, 0.29) is 5.91 Å². The van der Waals surface area contributed by atoms with Crippen LogP contribution in [0, 0.1) is 10.5 Å². The number of amides is 1. The molecule has 108 valence electrons. The van der Waals surface area contributed by atoms with Crippen LogP contribution in [0.15, 0.2) is 48.5 Å². The van der Waals surface area contributed by atoms with E-state index in [0.29, 0.717) is 11.1 Å². The van der Waals surface area contributed by atoms with Crippen molar-refractivity contribution in [2.24, 2.45) is 0 Å². The molecule has 2 aromatic carbocycles. The number of carboxylic acid groups (broad SMARTS) is 1. The highest BCUT2D eigenvalue weighted by molar-refractivity contribution is 14.1. The molecule has 0 saturated carbocycles. The summed E-state index contributed by atoms with van der Waals surface area (Å²) >= 11 is 2.09. The Morgan fingerprint density at radius 3 is 2.38 bits per heavy atom. The first-order valence-corrected chi connectivity index (χ1v) is 7.42. The minimum atomic E-state index is -1.09. The molecule has 0 unspecified atom stereocenters. The molecule has 2 N–H and O–H groups in total. The van der Waals surface area contributed by atoms with E-state index in [2.05, 4.69) is 27.9 Å². The molecule has 0 bridgehead atoms. The van der Waals surface area contributed by atoms with Crippen molar-refractivity contribution in [1.29, 1.82) is 0 Å². The number of carbonyl (C=O) groups is 2. The third-order valence-electron chi connectivity index (χ3n) is 3.09. The molecule has 0 radical (unpaired) electrons. The second kappa shape index (κ2) is 6.71. The Morgan fingerprint density at radius 1 is 1.10 bits per heavy atom. The van der Waals surface area contributed by atoms with Crippen molar-refractivity contribution in [3.63, 3.8) is 0 Å². The molecular weight excluding hydrogens is 381 g/mol. The van der Waals surface area contributed by atoms with Crippen molar-refractivity contribution < 1.29 is 14.7 Å². The van der Waals surface area contributed by atoms with Crippen LogP contribution in [-0.4, -0.2) is 17.0 Å². The number of nitrogens with one attached hydrogen (secondary N) is 1. The van der Waals surface area contributed by atoms with E-state index in [4.69, 9.17) is 0 Å². The van der Waals surface area contributed by atoms with Gasteiger partial charge in [-0.05, 0) is 46.7 Å². The van der Waals surface area contributed by atoms with Gasteiger partial charge in [-0.25, -0.2) is 4.79 Å². The van der Waals surface area contributed by atoms with E-state index < -0.39 is 12.0 Å². The van der Waals surface area contributed by atoms with Crippen LogP contribution in [0.2, 0.25) is 0 Å². The molecule has 1 amide bonds. The summed E-state index contributed by atoms with van der Waals surface area (Å²) < 4.78 is 0.824. The summed E-state index contributed by atoms with van der Waals surface area (Å²) in [5, 5.41) is 11.9. The SMILES string of the molecule is Cc1cccc(C(=O)N[C@@H](C(=O)O)c2ccccc2)c1I. The van der Waals surface area contributed by atoms with Gasteiger partial charge in [0.25, 0.3) is 5.91 Å². The zero-order chi connectivity index (χ0) is 15.4. The van der Waals surface area contributed by atoms with Gasteiger partial charge in [-0.3, -0.25) is 4.79 Å². The average molecular weight is 395 g/mol. The molecule has 0 aromatic heterocycles. The Morgan fingerprint density at radius 2 is 1.76 bits per heavy atom. The van der Waals surface area contributed by atoms with E-state index in [9.17, 15) is 14.7 Å². The minimum absolute atomic E-state index is 0.389. The zero-order valence-corrected chi connectivity index (χ0v) is 13.5. The summed E-state index contributed by atoms with van der Waals surface area (Å²) in [4.78, 5) is 23.7.